The van der Waals surface area contributed by atoms with Crippen LogP contribution in [0.5, 0.6) is 0 Å². The summed E-state index contributed by atoms with van der Waals surface area (Å²) in [5, 5.41) is 20.2. The first-order chi connectivity index (χ1) is 8.41. The van der Waals surface area contributed by atoms with Crippen molar-refractivity contribution in [2.24, 2.45) is 17.1 Å². The van der Waals surface area contributed by atoms with E-state index in [2.05, 4.69) is 12.2 Å². The highest BCUT2D eigenvalue weighted by Gasteiger charge is 2.39. The van der Waals surface area contributed by atoms with Gasteiger partial charge < -0.3 is 21.3 Å². The molecule has 1 saturated carbocycles. The Labute approximate surface area is 107 Å². The van der Waals surface area contributed by atoms with Crippen LogP contribution in [0.3, 0.4) is 0 Å². The molecule has 1 aliphatic carbocycles. The molecular formula is C12H22N2O4. The molecule has 1 amide bonds. The highest BCUT2D eigenvalue weighted by molar-refractivity contribution is 5.83. The minimum Gasteiger partial charge on any atom is -0.479 e. The number of carbonyl (C=O) groups excluding carboxylic acids is 1. The smallest absolute Gasteiger partial charge is 0.334 e. The summed E-state index contributed by atoms with van der Waals surface area (Å²) < 4.78 is 0. The van der Waals surface area contributed by atoms with Gasteiger partial charge in [-0.2, -0.15) is 0 Å². The third-order valence-electron chi connectivity index (χ3n) is 3.84. The van der Waals surface area contributed by atoms with Crippen molar-refractivity contribution in [2.75, 3.05) is 13.1 Å². The maximum Gasteiger partial charge on any atom is 0.334 e. The minimum absolute atomic E-state index is 0.239. The average Bonchev–Trinajstić information content (AvgIpc) is 2.36. The van der Waals surface area contributed by atoms with E-state index < -0.39 is 17.5 Å². The van der Waals surface area contributed by atoms with E-state index in [0.717, 1.165) is 25.7 Å². The molecule has 0 aromatic carbocycles. The normalized spacial score (nSPS) is 29.6. The number of carboxylic acids is 1. The van der Waals surface area contributed by atoms with Gasteiger partial charge in [-0.25, -0.2) is 4.79 Å². The number of aliphatic hydroxyl groups excluding tert-OH is 1. The van der Waals surface area contributed by atoms with Crippen molar-refractivity contribution < 1.29 is 19.8 Å². The largest absolute Gasteiger partial charge is 0.479 e. The van der Waals surface area contributed by atoms with Crippen LogP contribution in [-0.4, -0.2) is 41.3 Å². The summed E-state index contributed by atoms with van der Waals surface area (Å²) in [5.74, 6) is -0.978. The Hall–Kier alpha value is -1.14. The Kier molecular flexibility index (Phi) is 5.10. The molecule has 5 N–H and O–H groups in total. The summed E-state index contributed by atoms with van der Waals surface area (Å²) in [6.45, 7) is 2.13. The number of hydrogen-bond acceptors (Lipinski definition) is 4. The Morgan fingerprint density at radius 2 is 2.00 bits per heavy atom. The molecule has 0 aromatic rings. The lowest BCUT2D eigenvalue weighted by Crippen LogP contribution is -2.50. The molecular weight excluding hydrogens is 236 g/mol. The summed E-state index contributed by atoms with van der Waals surface area (Å²) in [5.41, 5.74) is 5.12. The van der Waals surface area contributed by atoms with E-state index in [1.54, 1.807) is 0 Å². The third kappa shape index (κ3) is 3.43. The van der Waals surface area contributed by atoms with Gasteiger partial charge in [-0.05, 0) is 31.6 Å². The molecule has 1 atom stereocenters. The molecule has 0 spiro atoms. The van der Waals surface area contributed by atoms with Gasteiger partial charge in [-0.15, -0.1) is 0 Å². The fraction of sp³-hybridized carbons (Fsp3) is 0.833. The molecule has 18 heavy (non-hydrogen) atoms. The molecule has 1 rings (SSSR count). The first-order valence-corrected chi connectivity index (χ1v) is 6.30. The second-order valence-electron chi connectivity index (χ2n) is 5.23. The standard InChI is InChI=1S/C12H22N2O4/c1-8-2-4-12(7-13,5-3-8)11(18)14-6-9(15)10(16)17/h8-9,15H,2-7,13H2,1H3,(H,14,18)(H,16,17). The number of hydrogen-bond donors (Lipinski definition) is 4. The summed E-state index contributed by atoms with van der Waals surface area (Å²) in [7, 11) is 0. The van der Waals surface area contributed by atoms with E-state index in [0.29, 0.717) is 5.92 Å². The Bertz CT molecular complexity index is 311. The van der Waals surface area contributed by atoms with Crippen LogP contribution in [0.25, 0.3) is 0 Å². The molecule has 0 saturated heterocycles. The van der Waals surface area contributed by atoms with Crippen molar-refractivity contribution >= 4 is 11.9 Å². The Morgan fingerprint density at radius 1 is 1.44 bits per heavy atom. The summed E-state index contributed by atoms with van der Waals surface area (Å²) >= 11 is 0. The van der Waals surface area contributed by atoms with E-state index in [9.17, 15) is 9.59 Å². The van der Waals surface area contributed by atoms with Gasteiger partial charge in [0.2, 0.25) is 5.91 Å². The van der Waals surface area contributed by atoms with Crippen molar-refractivity contribution in [3.63, 3.8) is 0 Å². The summed E-state index contributed by atoms with van der Waals surface area (Å²) in [6, 6.07) is 0. The fourth-order valence-electron chi connectivity index (χ4n) is 2.30. The van der Waals surface area contributed by atoms with Crippen LogP contribution < -0.4 is 11.1 Å². The van der Waals surface area contributed by atoms with Gasteiger partial charge in [-0.1, -0.05) is 6.92 Å². The lowest BCUT2D eigenvalue weighted by molar-refractivity contribution is -0.146. The van der Waals surface area contributed by atoms with E-state index in [1.807, 2.05) is 0 Å². The Morgan fingerprint density at radius 3 is 2.44 bits per heavy atom. The third-order valence-corrected chi connectivity index (χ3v) is 3.84. The molecule has 0 aromatic heterocycles. The lowest BCUT2D eigenvalue weighted by atomic mass is 9.70. The SMILES string of the molecule is CC1CCC(CN)(C(=O)NCC(O)C(=O)O)CC1. The molecule has 1 fully saturated rings. The van der Waals surface area contributed by atoms with E-state index in [-0.39, 0.29) is 19.0 Å². The van der Waals surface area contributed by atoms with Gasteiger partial charge in [0.25, 0.3) is 0 Å². The first kappa shape index (κ1) is 14.9. The number of rotatable bonds is 5. The number of nitrogens with one attached hydrogen (secondary N) is 1. The van der Waals surface area contributed by atoms with Gasteiger partial charge in [0, 0.05) is 6.54 Å². The van der Waals surface area contributed by atoms with Gasteiger partial charge in [0.1, 0.15) is 0 Å². The van der Waals surface area contributed by atoms with Crippen LogP contribution >= 0.6 is 0 Å². The van der Waals surface area contributed by atoms with E-state index in [4.69, 9.17) is 15.9 Å². The van der Waals surface area contributed by atoms with Crippen molar-refractivity contribution in [3.05, 3.63) is 0 Å². The van der Waals surface area contributed by atoms with Crippen LogP contribution in [0.4, 0.5) is 0 Å². The highest BCUT2D eigenvalue weighted by atomic mass is 16.4. The number of aliphatic hydroxyl groups is 1. The average molecular weight is 258 g/mol. The summed E-state index contributed by atoms with van der Waals surface area (Å²) in [4.78, 5) is 22.5. The van der Waals surface area contributed by atoms with Crippen molar-refractivity contribution in [1.29, 1.82) is 0 Å². The van der Waals surface area contributed by atoms with Crippen LogP contribution in [0, 0.1) is 11.3 Å². The molecule has 1 unspecified atom stereocenters. The van der Waals surface area contributed by atoms with Crippen LogP contribution in [-0.2, 0) is 9.59 Å². The highest BCUT2D eigenvalue weighted by Crippen LogP contribution is 2.38. The molecule has 0 bridgehead atoms. The molecule has 6 nitrogen and oxygen atoms in total. The Balaban J connectivity index is 2.55. The zero-order valence-electron chi connectivity index (χ0n) is 10.7. The second kappa shape index (κ2) is 6.15. The molecule has 0 aliphatic heterocycles. The van der Waals surface area contributed by atoms with Crippen molar-refractivity contribution in [2.45, 2.75) is 38.7 Å². The molecule has 1 aliphatic rings. The summed E-state index contributed by atoms with van der Waals surface area (Å²) in [6.07, 6.45) is 1.78. The molecule has 6 heteroatoms. The van der Waals surface area contributed by atoms with Crippen molar-refractivity contribution in [3.8, 4) is 0 Å². The second-order valence-corrected chi connectivity index (χ2v) is 5.23. The first-order valence-electron chi connectivity index (χ1n) is 6.30. The number of amides is 1. The molecule has 104 valence electrons. The molecule has 0 heterocycles. The molecule has 0 radical (unpaired) electrons. The maximum atomic E-state index is 12.1. The monoisotopic (exact) mass is 258 g/mol. The van der Waals surface area contributed by atoms with Gasteiger partial charge in [-0.3, -0.25) is 4.79 Å². The predicted octanol–water partition coefficient (Wildman–Crippen LogP) is -0.297. The van der Waals surface area contributed by atoms with Crippen LogP contribution in [0.2, 0.25) is 0 Å². The van der Waals surface area contributed by atoms with Crippen LogP contribution in [0.15, 0.2) is 0 Å². The van der Waals surface area contributed by atoms with Crippen molar-refractivity contribution in [1.82, 2.24) is 5.32 Å². The topological polar surface area (TPSA) is 113 Å². The van der Waals surface area contributed by atoms with E-state index >= 15 is 0 Å². The maximum absolute atomic E-state index is 12.1. The van der Waals surface area contributed by atoms with Gasteiger partial charge in [0.15, 0.2) is 6.10 Å². The van der Waals surface area contributed by atoms with Gasteiger partial charge >= 0.3 is 5.97 Å². The quantitative estimate of drug-likeness (QED) is 0.541. The number of carboxylic acid groups (broad SMARTS) is 1. The van der Waals surface area contributed by atoms with Crippen LogP contribution in [0.1, 0.15) is 32.6 Å². The lowest BCUT2D eigenvalue weighted by Gasteiger charge is -2.37. The zero-order chi connectivity index (χ0) is 13.8. The zero-order valence-corrected chi connectivity index (χ0v) is 10.7. The number of nitrogens with two attached hydrogens (primary N) is 1. The van der Waals surface area contributed by atoms with E-state index in [1.165, 1.54) is 0 Å². The fourth-order valence-corrected chi connectivity index (χ4v) is 2.30. The number of aliphatic carboxylic acids is 1. The predicted molar refractivity (Wildman–Crippen MR) is 65.8 cm³/mol. The van der Waals surface area contributed by atoms with Gasteiger partial charge in [0.05, 0.1) is 12.0 Å². The minimum atomic E-state index is -1.56. The number of carbonyl (C=O) groups is 2.